The van der Waals surface area contributed by atoms with Crippen LogP contribution in [0.4, 0.5) is 5.69 Å². The summed E-state index contributed by atoms with van der Waals surface area (Å²) < 4.78 is 0. The molecule has 2 amide bonds. The van der Waals surface area contributed by atoms with Crippen LogP contribution < -0.4 is 16.8 Å². The van der Waals surface area contributed by atoms with E-state index in [0.717, 1.165) is 24.8 Å². The van der Waals surface area contributed by atoms with Crippen molar-refractivity contribution < 1.29 is 9.59 Å². The van der Waals surface area contributed by atoms with Crippen LogP contribution in [0.25, 0.3) is 0 Å². The molecule has 0 atom stereocenters. The second kappa shape index (κ2) is 6.91. The molecule has 1 aromatic rings. The van der Waals surface area contributed by atoms with Crippen LogP contribution in [0.2, 0.25) is 0 Å². The maximum Gasteiger partial charge on any atom is 0.248 e. The van der Waals surface area contributed by atoms with Crippen molar-refractivity contribution in [2.45, 2.75) is 44.6 Å². The van der Waals surface area contributed by atoms with Gasteiger partial charge in [0, 0.05) is 11.3 Å². The summed E-state index contributed by atoms with van der Waals surface area (Å²) >= 11 is 0. The number of hydrogen-bond donors (Lipinski definition) is 3. The fourth-order valence-corrected chi connectivity index (χ4v) is 2.57. The average Bonchev–Trinajstić information content (AvgIpc) is 2.41. The highest BCUT2D eigenvalue weighted by Crippen LogP contribution is 2.28. The standard InChI is InChI=1S/C15H21N3O2.ClH/c1-10-5-6-11(13(16)19)9-12(10)18-14(20)15(17)7-3-2-4-8-15;/h5-6,9H,2-4,7-8,17H2,1H3,(H2,16,19)(H,18,20);1H. The van der Waals surface area contributed by atoms with Crippen LogP contribution in [0.5, 0.6) is 0 Å². The molecule has 0 saturated heterocycles. The minimum Gasteiger partial charge on any atom is -0.366 e. The zero-order valence-electron chi connectivity index (χ0n) is 12.1. The summed E-state index contributed by atoms with van der Waals surface area (Å²) in [6, 6.07) is 5.01. The van der Waals surface area contributed by atoms with E-state index >= 15 is 0 Å². The molecule has 1 aliphatic carbocycles. The van der Waals surface area contributed by atoms with Crippen molar-refractivity contribution in [3.05, 3.63) is 29.3 Å². The van der Waals surface area contributed by atoms with Crippen molar-refractivity contribution in [2.24, 2.45) is 11.5 Å². The number of nitrogens with one attached hydrogen (secondary N) is 1. The third-order valence-electron chi connectivity index (χ3n) is 3.97. The summed E-state index contributed by atoms with van der Waals surface area (Å²) in [6.45, 7) is 1.87. The normalized spacial score (nSPS) is 16.7. The van der Waals surface area contributed by atoms with E-state index in [2.05, 4.69) is 5.32 Å². The summed E-state index contributed by atoms with van der Waals surface area (Å²) in [7, 11) is 0. The van der Waals surface area contributed by atoms with Crippen LogP contribution in [0.15, 0.2) is 18.2 Å². The minimum atomic E-state index is -0.798. The molecule has 0 bridgehead atoms. The molecule has 6 heteroatoms. The minimum absolute atomic E-state index is 0. The number of aryl methyl sites for hydroxylation is 1. The van der Waals surface area contributed by atoms with Gasteiger partial charge in [-0.15, -0.1) is 12.4 Å². The van der Waals surface area contributed by atoms with E-state index in [9.17, 15) is 9.59 Å². The van der Waals surface area contributed by atoms with Gasteiger partial charge in [-0.2, -0.15) is 0 Å². The molecule has 1 saturated carbocycles. The highest BCUT2D eigenvalue weighted by Gasteiger charge is 2.35. The number of anilines is 1. The van der Waals surface area contributed by atoms with Crippen LogP contribution in [0.3, 0.4) is 0 Å². The Balaban J connectivity index is 0.00000220. The molecule has 0 aromatic heterocycles. The summed E-state index contributed by atoms with van der Waals surface area (Å²) in [5.41, 5.74) is 12.5. The highest BCUT2D eigenvalue weighted by atomic mass is 35.5. The molecule has 1 aromatic carbocycles. The molecule has 5 nitrogen and oxygen atoms in total. The van der Waals surface area contributed by atoms with E-state index in [1.807, 2.05) is 6.92 Å². The number of primary amides is 1. The van der Waals surface area contributed by atoms with Gasteiger partial charge < -0.3 is 16.8 Å². The molecule has 5 N–H and O–H groups in total. The lowest BCUT2D eigenvalue weighted by Gasteiger charge is -2.32. The van der Waals surface area contributed by atoms with Crippen molar-refractivity contribution in [1.29, 1.82) is 0 Å². The predicted molar refractivity (Wildman–Crippen MR) is 85.6 cm³/mol. The van der Waals surface area contributed by atoms with Gasteiger partial charge in [-0.05, 0) is 37.5 Å². The number of rotatable bonds is 3. The molecular weight excluding hydrogens is 290 g/mol. The van der Waals surface area contributed by atoms with Gasteiger partial charge in [0.15, 0.2) is 0 Å². The maximum absolute atomic E-state index is 12.4. The number of carbonyl (C=O) groups is 2. The average molecular weight is 312 g/mol. The van der Waals surface area contributed by atoms with Gasteiger partial charge in [0.2, 0.25) is 11.8 Å². The number of carbonyl (C=O) groups excluding carboxylic acids is 2. The zero-order valence-corrected chi connectivity index (χ0v) is 13.0. The highest BCUT2D eigenvalue weighted by molar-refractivity contribution is 6.00. The van der Waals surface area contributed by atoms with E-state index < -0.39 is 11.4 Å². The monoisotopic (exact) mass is 311 g/mol. The van der Waals surface area contributed by atoms with Crippen LogP contribution in [-0.2, 0) is 4.79 Å². The van der Waals surface area contributed by atoms with Gasteiger partial charge in [0.1, 0.15) is 0 Å². The lowest BCUT2D eigenvalue weighted by atomic mass is 9.82. The molecule has 0 unspecified atom stereocenters. The van der Waals surface area contributed by atoms with Crippen LogP contribution >= 0.6 is 12.4 Å². The van der Waals surface area contributed by atoms with E-state index in [0.29, 0.717) is 24.1 Å². The topological polar surface area (TPSA) is 98.2 Å². The molecule has 2 rings (SSSR count). The summed E-state index contributed by atoms with van der Waals surface area (Å²) in [5, 5.41) is 2.84. The van der Waals surface area contributed by atoms with Crippen LogP contribution in [-0.4, -0.2) is 17.4 Å². The molecule has 0 aliphatic heterocycles. The Morgan fingerprint density at radius 2 is 1.81 bits per heavy atom. The molecule has 0 radical (unpaired) electrons. The number of amides is 2. The quantitative estimate of drug-likeness (QED) is 0.797. The number of benzene rings is 1. The first-order valence-corrected chi connectivity index (χ1v) is 6.93. The van der Waals surface area contributed by atoms with Gasteiger partial charge in [0.05, 0.1) is 5.54 Å². The zero-order chi connectivity index (χ0) is 14.8. The van der Waals surface area contributed by atoms with E-state index in [1.54, 1.807) is 18.2 Å². The van der Waals surface area contributed by atoms with Crippen molar-refractivity contribution in [2.75, 3.05) is 5.32 Å². The third kappa shape index (κ3) is 3.95. The second-order valence-electron chi connectivity index (χ2n) is 5.56. The Bertz CT molecular complexity index is 540. The molecule has 1 fully saturated rings. The largest absolute Gasteiger partial charge is 0.366 e. The van der Waals surface area contributed by atoms with E-state index in [-0.39, 0.29) is 18.3 Å². The van der Waals surface area contributed by atoms with E-state index in [1.165, 1.54) is 0 Å². The predicted octanol–water partition coefficient (Wildman–Crippen LogP) is 2.12. The maximum atomic E-state index is 12.4. The van der Waals surface area contributed by atoms with E-state index in [4.69, 9.17) is 11.5 Å². The number of halogens is 1. The Labute approximate surface area is 130 Å². The second-order valence-corrected chi connectivity index (χ2v) is 5.56. The Morgan fingerprint density at radius 1 is 1.19 bits per heavy atom. The Hall–Kier alpha value is -1.59. The SMILES string of the molecule is Cc1ccc(C(N)=O)cc1NC(=O)C1(N)CCCCC1.Cl. The van der Waals surface area contributed by atoms with Crippen molar-refractivity contribution in [3.8, 4) is 0 Å². The molecule has 0 spiro atoms. The molecule has 21 heavy (non-hydrogen) atoms. The Kier molecular flexibility index (Phi) is 5.75. The summed E-state index contributed by atoms with van der Waals surface area (Å²) in [4.78, 5) is 23.6. The van der Waals surface area contributed by atoms with Crippen LogP contribution in [0.1, 0.15) is 48.0 Å². The Morgan fingerprint density at radius 3 is 2.38 bits per heavy atom. The van der Waals surface area contributed by atoms with Gasteiger partial charge in [-0.3, -0.25) is 9.59 Å². The smallest absolute Gasteiger partial charge is 0.248 e. The molecule has 0 heterocycles. The number of hydrogen-bond acceptors (Lipinski definition) is 3. The lowest BCUT2D eigenvalue weighted by Crippen LogP contribution is -2.52. The van der Waals surface area contributed by atoms with Gasteiger partial charge in [0.25, 0.3) is 0 Å². The first kappa shape index (κ1) is 17.5. The third-order valence-corrected chi connectivity index (χ3v) is 3.97. The lowest BCUT2D eigenvalue weighted by molar-refractivity contribution is -0.122. The first-order valence-electron chi connectivity index (χ1n) is 6.93. The van der Waals surface area contributed by atoms with Gasteiger partial charge in [-0.25, -0.2) is 0 Å². The van der Waals surface area contributed by atoms with Crippen molar-refractivity contribution in [3.63, 3.8) is 0 Å². The molecular formula is C15H22ClN3O2. The summed E-state index contributed by atoms with van der Waals surface area (Å²) in [6.07, 6.45) is 4.48. The fraction of sp³-hybridized carbons (Fsp3) is 0.467. The van der Waals surface area contributed by atoms with Crippen molar-refractivity contribution >= 4 is 29.9 Å². The van der Waals surface area contributed by atoms with Gasteiger partial charge in [-0.1, -0.05) is 25.3 Å². The first-order chi connectivity index (χ1) is 9.42. The number of nitrogens with two attached hydrogens (primary N) is 2. The van der Waals surface area contributed by atoms with Gasteiger partial charge >= 0.3 is 0 Å². The van der Waals surface area contributed by atoms with Crippen LogP contribution in [0, 0.1) is 6.92 Å². The summed E-state index contributed by atoms with van der Waals surface area (Å²) in [5.74, 6) is -0.692. The molecule has 1 aliphatic rings. The molecule has 116 valence electrons. The van der Waals surface area contributed by atoms with Crippen molar-refractivity contribution in [1.82, 2.24) is 0 Å². The fourth-order valence-electron chi connectivity index (χ4n) is 2.57.